The van der Waals surface area contributed by atoms with Gasteiger partial charge >= 0.3 is 0 Å². The molecule has 0 bridgehead atoms. The van der Waals surface area contributed by atoms with Crippen LogP contribution in [0.25, 0.3) is 11.1 Å². The summed E-state index contributed by atoms with van der Waals surface area (Å²) < 4.78 is 11.3. The lowest BCUT2D eigenvalue weighted by Crippen LogP contribution is -2.26. The van der Waals surface area contributed by atoms with Gasteiger partial charge in [0.1, 0.15) is 23.7 Å². The molecule has 0 aliphatic heterocycles. The van der Waals surface area contributed by atoms with Gasteiger partial charge in [0, 0.05) is 6.07 Å². The Hall–Kier alpha value is -2.12. The molecule has 0 saturated heterocycles. The molecule has 0 atom stereocenters. The molecule has 160 valence electrons. The molecule has 2 rings (SSSR count). The van der Waals surface area contributed by atoms with Crippen molar-refractivity contribution < 1.29 is 29.9 Å². The Balaban J connectivity index is 2.28. The molecule has 0 spiro atoms. The highest BCUT2D eigenvalue weighted by molar-refractivity contribution is 5.67. The standard InChI is InChI=1S/C23H32O6/c1-2-3-4-5-17-6-8-18(9-7-17)19-10-20(28-22(13-24)14-25)12-21(11-19)29-23(15-26)16-27/h6-12,22-27H,2-5,13-16H2,1H3. The van der Waals surface area contributed by atoms with E-state index in [2.05, 4.69) is 19.1 Å². The largest absolute Gasteiger partial charge is 0.485 e. The zero-order valence-corrected chi connectivity index (χ0v) is 17.0. The van der Waals surface area contributed by atoms with Crippen molar-refractivity contribution in [2.75, 3.05) is 26.4 Å². The maximum Gasteiger partial charge on any atom is 0.145 e. The summed E-state index contributed by atoms with van der Waals surface area (Å²) in [6, 6.07) is 13.5. The van der Waals surface area contributed by atoms with Crippen molar-refractivity contribution in [2.45, 2.75) is 44.8 Å². The summed E-state index contributed by atoms with van der Waals surface area (Å²) >= 11 is 0. The number of aliphatic hydroxyl groups is 4. The number of hydrogen-bond acceptors (Lipinski definition) is 6. The Morgan fingerprint density at radius 2 is 1.21 bits per heavy atom. The number of rotatable bonds is 13. The van der Waals surface area contributed by atoms with Gasteiger partial charge in [0.15, 0.2) is 0 Å². The van der Waals surface area contributed by atoms with E-state index in [0.29, 0.717) is 11.5 Å². The van der Waals surface area contributed by atoms with Crippen molar-refractivity contribution in [1.29, 1.82) is 0 Å². The second kappa shape index (κ2) is 12.4. The van der Waals surface area contributed by atoms with Crippen LogP contribution in [0, 0.1) is 0 Å². The molecule has 6 heteroatoms. The van der Waals surface area contributed by atoms with Gasteiger partial charge in [-0.2, -0.15) is 0 Å². The molecule has 0 aromatic heterocycles. The van der Waals surface area contributed by atoms with Crippen LogP contribution in [0.4, 0.5) is 0 Å². The van der Waals surface area contributed by atoms with E-state index in [0.717, 1.165) is 17.5 Å². The van der Waals surface area contributed by atoms with Gasteiger partial charge in [0.05, 0.1) is 26.4 Å². The fraction of sp³-hybridized carbons (Fsp3) is 0.478. The van der Waals surface area contributed by atoms with E-state index in [-0.39, 0.29) is 26.4 Å². The van der Waals surface area contributed by atoms with Crippen LogP contribution in [0.2, 0.25) is 0 Å². The Morgan fingerprint density at radius 1 is 0.690 bits per heavy atom. The Kier molecular flexibility index (Phi) is 9.94. The van der Waals surface area contributed by atoms with Crippen molar-refractivity contribution in [2.24, 2.45) is 0 Å². The van der Waals surface area contributed by atoms with Gasteiger partial charge in [0.25, 0.3) is 0 Å². The first kappa shape index (κ1) is 23.2. The fourth-order valence-corrected chi connectivity index (χ4v) is 2.97. The van der Waals surface area contributed by atoms with Gasteiger partial charge in [-0.05, 0) is 41.7 Å². The van der Waals surface area contributed by atoms with E-state index in [1.807, 2.05) is 24.3 Å². The summed E-state index contributed by atoms with van der Waals surface area (Å²) in [6.45, 7) is 0.908. The maximum absolute atomic E-state index is 9.30. The summed E-state index contributed by atoms with van der Waals surface area (Å²) in [7, 11) is 0. The molecular formula is C23H32O6. The van der Waals surface area contributed by atoms with Crippen LogP contribution in [0.1, 0.15) is 31.7 Å². The summed E-state index contributed by atoms with van der Waals surface area (Å²) in [5.41, 5.74) is 3.09. The van der Waals surface area contributed by atoms with E-state index in [1.165, 1.54) is 24.8 Å². The zero-order valence-electron chi connectivity index (χ0n) is 17.0. The lowest BCUT2D eigenvalue weighted by molar-refractivity contribution is 0.0579. The topological polar surface area (TPSA) is 99.4 Å². The maximum atomic E-state index is 9.30. The minimum absolute atomic E-state index is 0.320. The van der Waals surface area contributed by atoms with Gasteiger partial charge in [-0.3, -0.25) is 0 Å². The third-order valence-electron chi connectivity index (χ3n) is 4.66. The summed E-state index contributed by atoms with van der Waals surface area (Å²) in [4.78, 5) is 0. The first-order valence-corrected chi connectivity index (χ1v) is 10.1. The number of hydrogen-bond donors (Lipinski definition) is 4. The first-order valence-electron chi connectivity index (χ1n) is 10.1. The SMILES string of the molecule is CCCCCc1ccc(-c2cc(OC(CO)CO)cc(OC(CO)CO)c2)cc1. The van der Waals surface area contributed by atoms with E-state index in [9.17, 15) is 20.4 Å². The van der Waals surface area contributed by atoms with Crippen molar-refractivity contribution in [3.8, 4) is 22.6 Å². The predicted molar refractivity (Wildman–Crippen MR) is 112 cm³/mol. The van der Waals surface area contributed by atoms with Crippen LogP contribution in [0.15, 0.2) is 42.5 Å². The monoisotopic (exact) mass is 404 g/mol. The van der Waals surface area contributed by atoms with E-state index in [4.69, 9.17) is 9.47 Å². The summed E-state index contributed by atoms with van der Waals surface area (Å²) in [5.74, 6) is 0.847. The highest BCUT2D eigenvalue weighted by atomic mass is 16.5. The minimum Gasteiger partial charge on any atom is -0.485 e. The van der Waals surface area contributed by atoms with E-state index < -0.39 is 12.2 Å². The van der Waals surface area contributed by atoms with Crippen molar-refractivity contribution >= 4 is 0 Å². The average Bonchev–Trinajstić information content (AvgIpc) is 2.76. The molecule has 6 nitrogen and oxygen atoms in total. The second-order valence-corrected chi connectivity index (χ2v) is 7.06. The Labute approximate surface area is 172 Å². The van der Waals surface area contributed by atoms with Crippen LogP contribution in [-0.2, 0) is 6.42 Å². The molecular weight excluding hydrogens is 372 g/mol. The molecule has 2 aromatic carbocycles. The first-order chi connectivity index (χ1) is 14.1. The van der Waals surface area contributed by atoms with Crippen LogP contribution in [-0.4, -0.2) is 59.1 Å². The molecule has 0 aliphatic rings. The average molecular weight is 405 g/mol. The van der Waals surface area contributed by atoms with Gasteiger partial charge in [-0.1, -0.05) is 44.0 Å². The van der Waals surface area contributed by atoms with Crippen molar-refractivity contribution in [3.63, 3.8) is 0 Å². The summed E-state index contributed by atoms with van der Waals surface area (Å²) in [5, 5.41) is 37.2. The van der Waals surface area contributed by atoms with E-state index >= 15 is 0 Å². The Morgan fingerprint density at radius 3 is 1.66 bits per heavy atom. The number of benzene rings is 2. The smallest absolute Gasteiger partial charge is 0.145 e. The molecule has 0 heterocycles. The van der Waals surface area contributed by atoms with E-state index in [1.54, 1.807) is 6.07 Å². The number of unbranched alkanes of at least 4 members (excludes halogenated alkanes) is 2. The van der Waals surface area contributed by atoms with Gasteiger partial charge in [0.2, 0.25) is 0 Å². The normalized spacial score (nSPS) is 11.3. The molecule has 4 N–H and O–H groups in total. The molecule has 0 fully saturated rings. The van der Waals surface area contributed by atoms with Crippen LogP contribution >= 0.6 is 0 Å². The molecule has 0 amide bonds. The lowest BCUT2D eigenvalue weighted by atomic mass is 10.0. The zero-order chi connectivity index (χ0) is 21.1. The second-order valence-electron chi connectivity index (χ2n) is 7.06. The third kappa shape index (κ3) is 7.33. The number of aryl methyl sites for hydroxylation is 1. The van der Waals surface area contributed by atoms with Crippen molar-refractivity contribution in [1.82, 2.24) is 0 Å². The highest BCUT2D eigenvalue weighted by Gasteiger charge is 2.14. The predicted octanol–water partition coefficient (Wildman–Crippen LogP) is 2.55. The van der Waals surface area contributed by atoms with Gasteiger partial charge < -0.3 is 29.9 Å². The van der Waals surface area contributed by atoms with Crippen LogP contribution < -0.4 is 9.47 Å². The van der Waals surface area contributed by atoms with Crippen molar-refractivity contribution in [3.05, 3.63) is 48.0 Å². The molecule has 0 unspecified atom stereocenters. The number of aliphatic hydroxyl groups excluding tert-OH is 4. The number of ether oxygens (including phenoxy) is 2. The van der Waals surface area contributed by atoms with Crippen LogP contribution in [0.3, 0.4) is 0 Å². The molecule has 0 radical (unpaired) electrons. The quantitative estimate of drug-likeness (QED) is 0.383. The molecule has 0 saturated carbocycles. The van der Waals surface area contributed by atoms with Crippen LogP contribution in [0.5, 0.6) is 11.5 Å². The molecule has 0 aliphatic carbocycles. The molecule has 2 aromatic rings. The third-order valence-corrected chi connectivity index (χ3v) is 4.66. The lowest BCUT2D eigenvalue weighted by Gasteiger charge is -2.19. The fourth-order valence-electron chi connectivity index (χ4n) is 2.97. The molecule has 29 heavy (non-hydrogen) atoms. The van der Waals surface area contributed by atoms with Gasteiger partial charge in [-0.25, -0.2) is 0 Å². The highest BCUT2D eigenvalue weighted by Crippen LogP contribution is 2.31. The summed E-state index contributed by atoms with van der Waals surface area (Å²) in [6.07, 6.45) is 3.14. The Bertz CT molecular complexity index is 676. The van der Waals surface area contributed by atoms with Gasteiger partial charge in [-0.15, -0.1) is 0 Å². The minimum atomic E-state index is -0.745.